The minimum Gasteiger partial charge on any atom is -0.348 e. The third kappa shape index (κ3) is 4.77. The summed E-state index contributed by atoms with van der Waals surface area (Å²) in [6.07, 6.45) is 6.79. The molecular formula is C26H26N2O2. The molecule has 0 aromatic heterocycles. The molecule has 1 fully saturated rings. The second-order valence-corrected chi connectivity index (χ2v) is 7.67. The van der Waals surface area contributed by atoms with E-state index in [1.54, 1.807) is 6.08 Å². The van der Waals surface area contributed by atoms with E-state index < -0.39 is 0 Å². The number of benzene rings is 3. The molecule has 0 atom stereocenters. The first-order valence-electron chi connectivity index (χ1n) is 10.5. The lowest BCUT2D eigenvalue weighted by atomic mass is 10.0. The van der Waals surface area contributed by atoms with Crippen LogP contribution in [0.1, 0.15) is 40.7 Å². The number of carbonyl (C=O) groups is 2. The van der Waals surface area contributed by atoms with E-state index in [4.69, 9.17) is 0 Å². The molecule has 0 radical (unpaired) electrons. The predicted octanol–water partition coefficient (Wildman–Crippen LogP) is 4.80. The first-order valence-corrected chi connectivity index (χ1v) is 10.5. The van der Waals surface area contributed by atoms with Crippen molar-refractivity contribution < 1.29 is 9.59 Å². The fourth-order valence-electron chi connectivity index (χ4n) is 3.85. The molecule has 1 heterocycles. The maximum absolute atomic E-state index is 12.5. The summed E-state index contributed by atoms with van der Waals surface area (Å²) in [7, 11) is 0. The van der Waals surface area contributed by atoms with Crippen molar-refractivity contribution in [2.75, 3.05) is 13.1 Å². The summed E-state index contributed by atoms with van der Waals surface area (Å²) >= 11 is 0. The van der Waals surface area contributed by atoms with E-state index in [2.05, 4.69) is 23.5 Å². The highest BCUT2D eigenvalue weighted by molar-refractivity contribution is 5.97. The molecule has 0 spiro atoms. The van der Waals surface area contributed by atoms with Crippen LogP contribution < -0.4 is 5.32 Å². The summed E-state index contributed by atoms with van der Waals surface area (Å²) < 4.78 is 0. The van der Waals surface area contributed by atoms with E-state index >= 15 is 0 Å². The van der Waals surface area contributed by atoms with Crippen LogP contribution in [0, 0.1) is 0 Å². The zero-order valence-corrected chi connectivity index (χ0v) is 17.0. The van der Waals surface area contributed by atoms with Crippen LogP contribution in [0.25, 0.3) is 16.8 Å². The van der Waals surface area contributed by atoms with E-state index in [1.807, 2.05) is 59.5 Å². The van der Waals surface area contributed by atoms with Crippen molar-refractivity contribution in [3.8, 4) is 0 Å². The Hall–Kier alpha value is -3.40. The number of piperidine rings is 1. The number of fused-ring (bicyclic) bond motifs is 1. The van der Waals surface area contributed by atoms with Gasteiger partial charge in [-0.25, -0.2) is 0 Å². The van der Waals surface area contributed by atoms with Gasteiger partial charge in [-0.2, -0.15) is 0 Å². The highest BCUT2D eigenvalue weighted by Gasteiger charge is 2.17. The Morgan fingerprint density at radius 2 is 1.60 bits per heavy atom. The van der Waals surface area contributed by atoms with Gasteiger partial charge < -0.3 is 10.2 Å². The molecule has 1 aliphatic rings. The van der Waals surface area contributed by atoms with Crippen molar-refractivity contribution in [1.29, 1.82) is 0 Å². The number of carbonyl (C=O) groups excluding carboxylic acids is 2. The molecule has 1 aliphatic heterocycles. The van der Waals surface area contributed by atoms with Crippen molar-refractivity contribution in [2.45, 2.75) is 25.8 Å². The lowest BCUT2D eigenvalue weighted by molar-refractivity contribution is -0.116. The number of hydrogen-bond donors (Lipinski definition) is 1. The molecule has 30 heavy (non-hydrogen) atoms. The van der Waals surface area contributed by atoms with Crippen LogP contribution in [-0.2, 0) is 11.3 Å². The topological polar surface area (TPSA) is 49.4 Å². The molecule has 0 aliphatic carbocycles. The van der Waals surface area contributed by atoms with Crippen molar-refractivity contribution in [1.82, 2.24) is 10.2 Å². The summed E-state index contributed by atoms with van der Waals surface area (Å²) in [5, 5.41) is 5.18. The fraction of sp³-hybridized carbons (Fsp3) is 0.231. The maximum Gasteiger partial charge on any atom is 0.253 e. The molecule has 152 valence electrons. The predicted molar refractivity (Wildman–Crippen MR) is 121 cm³/mol. The highest BCUT2D eigenvalue weighted by Crippen LogP contribution is 2.19. The summed E-state index contributed by atoms with van der Waals surface area (Å²) in [5.41, 5.74) is 2.70. The van der Waals surface area contributed by atoms with Crippen molar-refractivity contribution in [3.05, 3.63) is 89.5 Å². The minimum atomic E-state index is -0.142. The van der Waals surface area contributed by atoms with Crippen LogP contribution in [0.15, 0.2) is 72.8 Å². The van der Waals surface area contributed by atoms with Crippen molar-refractivity contribution >= 4 is 28.7 Å². The molecule has 0 bridgehead atoms. The fourth-order valence-corrected chi connectivity index (χ4v) is 3.85. The van der Waals surface area contributed by atoms with Crippen LogP contribution in [0.3, 0.4) is 0 Å². The molecule has 4 rings (SSSR count). The summed E-state index contributed by atoms with van der Waals surface area (Å²) in [5.74, 6) is -0.0419. The van der Waals surface area contributed by atoms with Gasteiger partial charge >= 0.3 is 0 Å². The normalized spacial score (nSPS) is 14.2. The quantitative estimate of drug-likeness (QED) is 0.628. The van der Waals surface area contributed by atoms with Gasteiger partial charge in [0.15, 0.2) is 0 Å². The Kier molecular flexibility index (Phi) is 6.23. The van der Waals surface area contributed by atoms with Gasteiger partial charge in [0.1, 0.15) is 0 Å². The van der Waals surface area contributed by atoms with Gasteiger partial charge in [0, 0.05) is 31.3 Å². The third-order valence-electron chi connectivity index (χ3n) is 5.55. The number of amides is 2. The average Bonchev–Trinajstić information content (AvgIpc) is 2.82. The largest absolute Gasteiger partial charge is 0.348 e. The summed E-state index contributed by atoms with van der Waals surface area (Å²) in [6.45, 7) is 2.12. The first kappa shape index (κ1) is 19.9. The maximum atomic E-state index is 12.5. The lowest BCUT2D eigenvalue weighted by Gasteiger charge is -2.26. The lowest BCUT2D eigenvalue weighted by Crippen LogP contribution is -2.35. The molecule has 3 aromatic carbocycles. The van der Waals surface area contributed by atoms with Crippen molar-refractivity contribution in [3.63, 3.8) is 0 Å². The Morgan fingerprint density at radius 3 is 2.40 bits per heavy atom. The summed E-state index contributed by atoms with van der Waals surface area (Å²) in [4.78, 5) is 26.7. The monoisotopic (exact) mass is 398 g/mol. The van der Waals surface area contributed by atoms with Crippen molar-refractivity contribution in [2.24, 2.45) is 0 Å². The van der Waals surface area contributed by atoms with Crippen LogP contribution >= 0.6 is 0 Å². The zero-order valence-electron chi connectivity index (χ0n) is 17.0. The number of likely N-dealkylation sites (tertiary alicyclic amines) is 1. The smallest absolute Gasteiger partial charge is 0.253 e. The minimum absolute atomic E-state index is 0.100. The molecular weight excluding hydrogens is 372 g/mol. The Morgan fingerprint density at radius 1 is 0.867 bits per heavy atom. The second kappa shape index (κ2) is 9.40. The van der Waals surface area contributed by atoms with Crippen LogP contribution in [0.5, 0.6) is 0 Å². The molecule has 0 saturated carbocycles. The SMILES string of the molecule is O=C(/C=C/c1cccc2ccccc12)NCc1ccc(C(=O)N2CCCCC2)cc1. The van der Waals surface area contributed by atoms with E-state index in [-0.39, 0.29) is 11.8 Å². The van der Waals surface area contributed by atoms with E-state index in [9.17, 15) is 9.59 Å². The van der Waals surface area contributed by atoms with Gasteiger partial charge in [-0.15, -0.1) is 0 Å². The molecule has 1 saturated heterocycles. The second-order valence-electron chi connectivity index (χ2n) is 7.67. The number of nitrogens with one attached hydrogen (secondary N) is 1. The van der Waals surface area contributed by atoms with E-state index in [0.29, 0.717) is 12.1 Å². The van der Waals surface area contributed by atoms with Gasteiger partial charge in [0.2, 0.25) is 5.91 Å². The third-order valence-corrected chi connectivity index (χ3v) is 5.55. The zero-order chi connectivity index (χ0) is 20.8. The molecule has 4 heteroatoms. The van der Waals surface area contributed by atoms with Gasteiger partial charge in [-0.1, -0.05) is 54.6 Å². The van der Waals surface area contributed by atoms with E-state index in [0.717, 1.165) is 47.8 Å². The van der Waals surface area contributed by atoms with E-state index in [1.165, 1.54) is 6.42 Å². The van der Waals surface area contributed by atoms with Gasteiger partial charge in [-0.05, 0) is 59.4 Å². The van der Waals surface area contributed by atoms with Gasteiger partial charge in [0.05, 0.1) is 0 Å². The highest BCUT2D eigenvalue weighted by atomic mass is 16.2. The van der Waals surface area contributed by atoms with Crippen LogP contribution in [0.4, 0.5) is 0 Å². The number of nitrogens with zero attached hydrogens (tertiary/aromatic N) is 1. The molecule has 0 unspecified atom stereocenters. The first-order chi connectivity index (χ1) is 14.7. The Balaban J connectivity index is 1.33. The van der Waals surface area contributed by atoms with Crippen LogP contribution in [-0.4, -0.2) is 29.8 Å². The Labute approximate surface area is 177 Å². The average molecular weight is 399 g/mol. The number of hydrogen-bond acceptors (Lipinski definition) is 2. The standard InChI is InChI=1S/C26H26N2O2/c29-25(16-15-22-9-6-8-21-7-2-3-10-24(21)22)27-19-20-11-13-23(14-12-20)26(30)28-17-4-1-5-18-28/h2-3,6-16H,1,4-5,17-19H2,(H,27,29)/b16-15+. The summed E-state index contributed by atoms with van der Waals surface area (Å²) in [6, 6.07) is 21.7. The molecule has 4 nitrogen and oxygen atoms in total. The molecule has 3 aromatic rings. The Bertz CT molecular complexity index is 1060. The molecule has 1 N–H and O–H groups in total. The van der Waals surface area contributed by atoms with Crippen LogP contribution in [0.2, 0.25) is 0 Å². The van der Waals surface area contributed by atoms with Gasteiger partial charge in [0.25, 0.3) is 5.91 Å². The van der Waals surface area contributed by atoms with Gasteiger partial charge in [-0.3, -0.25) is 9.59 Å². The number of rotatable bonds is 5. The molecule has 2 amide bonds.